The molecule has 2 aromatic heterocycles. The average Bonchev–Trinajstić information content (AvgIpc) is 3.04. The molecule has 0 N–H and O–H groups in total. The highest BCUT2D eigenvalue weighted by atomic mass is 16.2. The number of carbonyl (C=O) groups is 1. The summed E-state index contributed by atoms with van der Waals surface area (Å²) in [6.07, 6.45) is 6.08. The van der Waals surface area contributed by atoms with Crippen molar-refractivity contribution < 1.29 is 4.79 Å². The molecule has 7 heteroatoms. The van der Waals surface area contributed by atoms with Gasteiger partial charge < -0.3 is 9.47 Å². The van der Waals surface area contributed by atoms with Crippen LogP contribution in [0.25, 0.3) is 10.9 Å². The van der Waals surface area contributed by atoms with Gasteiger partial charge in [-0.05, 0) is 38.6 Å². The molecule has 0 spiro atoms. The molecule has 7 nitrogen and oxygen atoms in total. The second-order valence-corrected chi connectivity index (χ2v) is 8.04. The molecule has 1 aromatic carbocycles. The monoisotopic (exact) mass is 390 g/mol. The second-order valence-electron chi connectivity index (χ2n) is 8.04. The highest BCUT2D eigenvalue weighted by Crippen LogP contribution is 2.29. The predicted molar refractivity (Wildman–Crippen MR) is 111 cm³/mol. The van der Waals surface area contributed by atoms with Gasteiger partial charge in [-0.3, -0.25) is 14.7 Å². The zero-order valence-corrected chi connectivity index (χ0v) is 16.8. The highest BCUT2D eigenvalue weighted by Gasteiger charge is 2.29. The number of likely N-dealkylation sites (tertiary alicyclic amines) is 1. The van der Waals surface area contributed by atoms with Crippen LogP contribution in [0.4, 0.5) is 0 Å². The molecular formula is C22H26N6O. The van der Waals surface area contributed by atoms with Gasteiger partial charge in [0, 0.05) is 37.6 Å². The van der Waals surface area contributed by atoms with Crippen molar-refractivity contribution in [1.82, 2.24) is 29.5 Å². The van der Waals surface area contributed by atoms with E-state index < -0.39 is 0 Å². The van der Waals surface area contributed by atoms with Crippen LogP contribution in [0.3, 0.4) is 0 Å². The van der Waals surface area contributed by atoms with Crippen LogP contribution in [0.1, 0.15) is 47.3 Å². The number of pyridine rings is 1. The van der Waals surface area contributed by atoms with Gasteiger partial charge in [0.05, 0.1) is 17.1 Å². The summed E-state index contributed by atoms with van der Waals surface area (Å²) in [7, 11) is 2.17. The van der Waals surface area contributed by atoms with Crippen LogP contribution in [-0.4, -0.2) is 62.1 Å². The number of carbonyl (C=O) groups excluding carboxylic acids is 1. The lowest BCUT2D eigenvalue weighted by molar-refractivity contribution is 0.0759. The third kappa shape index (κ3) is 3.29. The number of aromatic nitrogens is 4. The summed E-state index contributed by atoms with van der Waals surface area (Å²) < 4.78 is 2.25. The third-order valence-electron chi connectivity index (χ3n) is 6.27. The van der Waals surface area contributed by atoms with Crippen LogP contribution in [0, 0.1) is 0 Å². The normalized spacial score (nSPS) is 20.4. The Labute approximate surface area is 170 Å². The lowest BCUT2D eigenvalue weighted by Crippen LogP contribution is -2.35. The van der Waals surface area contributed by atoms with Gasteiger partial charge in [-0.25, -0.2) is 0 Å². The van der Waals surface area contributed by atoms with Gasteiger partial charge >= 0.3 is 0 Å². The van der Waals surface area contributed by atoms with E-state index in [0.717, 1.165) is 48.5 Å². The third-order valence-corrected chi connectivity index (χ3v) is 6.27. The number of para-hydroxylation sites is 1. The van der Waals surface area contributed by atoms with E-state index in [2.05, 4.69) is 31.7 Å². The Morgan fingerprint density at radius 2 is 1.93 bits per heavy atom. The fourth-order valence-corrected chi connectivity index (χ4v) is 4.64. The minimum absolute atomic E-state index is 0.0457. The second kappa shape index (κ2) is 7.55. The zero-order valence-electron chi connectivity index (χ0n) is 16.8. The van der Waals surface area contributed by atoms with Crippen molar-refractivity contribution in [2.45, 2.75) is 38.3 Å². The molecule has 3 aromatic rings. The summed E-state index contributed by atoms with van der Waals surface area (Å²) in [5.41, 5.74) is 1.45. The maximum absolute atomic E-state index is 13.3. The molecule has 0 unspecified atom stereocenters. The molecule has 150 valence electrons. The molecule has 1 atom stereocenters. The first-order valence-electron chi connectivity index (χ1n) is 10.5. The molecular weight excluding hydrogens is 364 g/mol. The van der Waals surface area contributed by atoms with E-state index in [1.807, 2.05) is 35.2 Å². The van der Waals surface area contributed by atoms with Crippen LogP contribution >= 0.6 is 0 Å². The van der Waals surface area contributed by atoms with Crippen LogP contribution < -0.4 is 0 Å². The van der Waals surface area contributed by atoms with Crippen molar-refractivity contribution in [2.24, 2.45) is 0 Å². The average molecular weight is 390 g/mol. The Morgan fingerprint density at radius 1 is 1.03 bits per heavy atom. The Kier molecular flexibility index (Phi) is 4.75. The summed E-state index contributed by atoms with van der Waals surface area (Å²) in [6, 6.07) is 10.0. The first-order valence-corrected chi connectivity index (χ1v) is 10.5. The number of nitrogens with zero attached hydrogens (tertiary/aromatic N) is 6. The largest absolute Gasteiger partial charge is 0.336 e. The molecule has 0 bridgehead atoms. The quantitative estimate of drug-likeness (QED) is 0.673. The van der Waals surface area contributed by atoms with Crippen LogP contribution in [0.5, 0.6) is 0 Å². The number of hydrogen-bond donors (Lipinski definition) is 0. The highest BCUT2D eigenvalue weighted by molar-refractivity contribution is 6.05. The van der Waals surface area contributed by atoms with Gasteiger partial charge in [-0.1, -0.05) is 24.6 Å². The summed E-state index contributed by atoms with van der Waals surface area (Å²) in [5, 5.41) is 10.0. The number of fused-ring (bicyclic) bond motifs is 2. The van der Waals surface area contributed by atoms with Crippen molar-refractivity contribution in [3.05, 3.63) is 53.7 Å². The minimum Gasteiger partial charge on any atom is -0.336 e. The van der Waals surface area contributed by atoms with Crippen molar-refractivity contribution in [2.75, 3.05) is 26.7 Å². The molecule has 0 saturated carbocycles. The topological polar surface area (TPSA) is 67.2 Å². The summed E-state index contributed by atoms with van der Waals surface area (Å²) in [4.78, 5) is 22.1. The molecule has 1 amide bonds. The molecule has 1 fully saturated rings. The van der Waals surface area contributed by atoms with Gasteiger partial charge in [-0.2, -0.15) is 0 Å². The fourth-order valence-electron chi connectivity index (χ4n) is 4.64. The summed E-state index contributed by atoms with van der Waals surface area (Å²) in [5.74, 6) is 2.10. The summed E-state index contributed by atoms with van der Waals surface area (Å²) in [6.45, 7) is 3.16. The minimum atomic E-state index is 0.0457. The predicted octanol–water partition coefficient (Wildman–Crippen LogP) is 2.68. The van der Waals surface area contributed by atoms with Gasteiger partial charge in [0.2, 0.25) is 0 Å². The van der Waals surface area contributed by atoms with E-state index in [-0.39, 0.29) is 5.91 Å². The number of benzene rings is 1. The Balaban J connectivity index is 1.39. The lowest BCUT2D eigenvalue weighted by Gasteiger charge is -2.32. The number of amides is 1. The van der Waals surface area contributed by atoms with Crippen molar-refractivity contribution in [3.63, 3.8) is 0 Å². The Morgan fingerprint density at radius 3 is 2.83 bits per heavy atom. The van der Waals surface area contributed by atoms with Gasteiger partial charge in [0.1, 0.15) is 11.6 Å². The van der Waals surface area contributed by atoms with Gasteiger partial charge in [-0.15, -0.1) is 10.2 Å². The lowest BCUT2D eigenvalue weighted by atomic mass is 10.0. The molecule has 29 heavy (non-hydrogen) atoms. The maximum Gasteiger partial charge on any atom is 0.256 e. The Bertz CT molecular complexity index is 1040. The standard InChI is InChI=1S/C22H26N6O/c1-26-12-3-2-9-18(26)21-25-24-19-10-13-27(14-15-28(19)21)22(29)17-8-4-6-16-7-5-11-23-20(16)17/h4-8,11,18H,2-3,9-10,12-15H2,1H3/t18-/m0/s1. The van der Waals surface area contributed by atoms with E-state index in [0.29, 0.717) is 24.7 Å². The van der Waals surface area contributed by atoms with Crippen molar-refractivity contribution >= 4 is 16.8 Å². The van der Waals surface area contributed by atoms with E-state index in [1.54, 1.807) is 6.20 Å². The van der Waals surface area contributed by atoms with Crippen molar-refractivity contribution in [1.29, 1.82) is 0 Å². The maximum atomic E-state index is 13.3. The SMILES string of the molecule is CN1CCCC[C@H]1c1nnc2n1CCN(C(=O)c1cccc3cccnc13)CC2. The number of hydrogen-bond acceptors (Lipinski definition) is 5. The summed E-state index contributed by atoms with van der Waals surface area (Å²) >= 11 is 0. The van der Waals surface area contributed by atoms with E-state index in [9.17, 15) is 4.79 Å². The molecule has 4 heterocycles. The van der Waals surface area contributed by atoms with Crippen LogP contribution in [0.2, 0.25) is 0 Å². The zero-order chi connectivity index (χ0) is 19.8. The number of rotatable bonds is 2. The van der Waals surface area contributed by atoms with Gasteiger partial charge in [0.25, 0.3) is 5.91 Å². The molecule has 2 aliphatic heterocycles. The molecule has 0 radical (unpaired) electrons. The van der Waals surface area contributed by atoms with Gasteiger partial charge in [0.15, 0.2) is 0 Å². The van der Waals surface area contributed by atoms with Crippen LogP contribution in [0.15, 0.2) is 36.5 Å². The van der Waals surface area contributed by atoms with E-state index >= 15 is 0 Å². The first-order chi connectivity index (χ1) is 14.2. The number of piperidine rings is 1. The smallest absolute Gasteiger partial charge is 0.256 e. The molecule has 0 aliphatic carbocycles. The van der Waals surface area contributed by atoms with E-state index in [1.165, 1.54) is 12.8 Å². The molecule has 1 saturated heterocycles. The van der Waals surface area contributed by atoms with E-state index in [4.69, 9.17) is 0 Å². The molecule has 5 rings (SSSR count). The molecule has 2 aliphatic rings. The first kappa shape index (κ1) is 18.2. The fraction of sp³-hybridized carbons (Fsp3) is 0.455. The van der Waals surface area contributed by atoms with Crippen LogP contribution in [-0.2, 0) is 13.0 Å². The Hall–Kier alpha value is -2.80. The van der Waals surface area contributed by atoms with Crippen molar-refractivity contribution in [3.8, 4) is 0 Å².